The minimum absolute atomic E-state index is 0.0154. The number of nitrogens with zero attached hydrogens (tertiary/aromatic N) is 2. The van der Waals surface area contributed by atoms with Crippen LogP contribution in [-0.2, 0) is 0 Å². The summed E-state index contributed by atoms with van der Waals surface area (Å²) in [6, 6.07) is 16.8. The molecule has 0 aliphatic rings. The second kappa shape index (κ2) is 8.02. The number of nitriles is 1. The van der Waals surface area contributed by atoms with Crippen molar-refractivity contribution < 1.29 is 9.53 Å². The van der Waals surface area contributed by atoms with Crippen LogP contribution in [0.25, 0.3) is 10.6 Å². The van der Waals surface area contributed by atoms with Crippen LogP contribution in [0.3, 0.4) is 0 Å². The highest BCUT2D eigenvalue weighted by Crippen LogP contribution is 2.32. The zero-order chi connectivity index (χ0) is 19.4. The van der Waals surface area contributed by atoms with Crippen molar-refractivity contribution in [1.82, 2.24) is 4.98 Å². The number of nitrogens with one attached hydrogen (secondary N) is 1. The molecule has 1 amide bonds. The number of hydrogen-bond acceptors (Lipinski definition) is 5. The molecule has 5 nitrogen and oxygen atoms in total. The minimum Gasteiger partial charge on any atom is -0.490 e. The molecule has 0 aliphatic heterocycles. The van der Waals surface area contributed by atoms with Crippen LogP contribution in [0, 0.1) is 18.3 Å². The molecule has 0 saturated heterocycles. The molecule has 27 heavy (non-hydrogen) atoms. The Hall–Kier alpha value is -3.17. The second-order valence-corrected chi connectivity index (χ2v) is 7.24. The van der Waals surface area contributed by atoms with Gasteiger partial charge < -0.3 is 10.1 Å². The van der Waals surface area contributed by atoms with E-state index in [9.17, 15) is 10.1 Å². The van der Waals surface area contributed by atoms with E-state index in [0.717, 1.165) is 11.3 Å². The average Bonchev–Trinajstić information content (AvgIpc) is 3.04. The summed E-state index contributed by atoms with van der Waals surface area (Å²) in [5.74, 6) is 0.356. The summed E-state index contributed by atoms with van der Waals surface area (Å²) in [7, 11) is 0. The Morgan fingerprint density at radius 2 is 1.96 bits per heavy atom. The van der Waals surface area contributed by atoms with E-state index in [1.807, 2.05) is 50.2 Å². The minimum atomic E-state index is -0.192. The summed E-state index contributed by atoms with van der Waals surface area (Å²) >= 11 is 1.31. The van der Waals surface area contributed by atoms with Gasteiger partial charge in [-0.25, -0.2) is 4.98 Å². The number of hydrogen-bond donors (Lipinski definition) is 1. The van der Waals surface area contributed by atoms with Gasteiger partial charge in [0.25, 0.3) is 5.91 Å². The average molecular weight is 377 g/mol. The molecule has 1 heterocycles. The van der Waals surface area contributed by atoms with Gasteiger partial charge in [-0.3, -0.25) is 4.79 Å². The molecule has 3 aromatic rings. The van der Waals surface area contributed by atoms with Gasteiger partial charge in [-0.15, -0.1) is 11.3 Å². The molecule has 1 aromatic heterocycles. The van der Waals surface area contributed by atoms with E-state index in [1.54, 1.807) is 19.1 Å². The van der Waals surface area contributed by atoms with Gasteiger partial charge >= 0.3 is 0 Å². The number of ether oxygens (including phenoxy) is 1. The van der Waals surface area contributed by atoms with Crippen LogP contribution in [0.15, 0.2) is 48.5 Å². The van der Waals surface area contributed by atoms with Crippen LogP contribution in [0.4, 0.5) is 5.69 Å². The number of carbonyl (C=O) groups excluding carboxylic acids is 1. The highest BCUT2D eigenvalue weighted by Gasteiger charge is 2.17. The van der Waals surface area contributed by atoms with E-state index in [1.165, 1.54) is 11.3 Å². The predicted octanol–water partition coefficient (Wildman–Crippen LogP) is 5.03. The summed E-state index contributed by atoms with van der Waals surface area (Å²) in [4.78, 5) is 17.6. The first kappa shape index (κ1) is 18.6. The maximum absolute atomic E-state index is 12.6. The molecule has 0 saturated carbocycles. The van der Waals surface area contributed by atoms with Crippen molar-refractivity contribution in [2.45, 2.75) is 26.9 Å². The van der Waals surface area contributed by atoms with Gasteiger partial charge in [0.05, 0.1) is 17.4 Å². The Morgan fingerprint density at radius 1 is 1.22 bits per heavy atom. The molecule has 0 aliphatic carbocycles. The first-order valence-electron chi connectivity index (χ1n) is 8.53. The fourth-order valence-corrected chi connectivity index (χ4v) is 3.50. The number of aryl methyl sites for hydroxylation is 1. The molecule has 0 unspecified atom stereocenters. The van der Waals surface area contributed by atoms with E-state index in [-0.39, 0.29) is 12.0 Å². The molecule has 136 valence electrons. The van der Waals surface area contributed by atoms with Crippen LogP contribution < -0.4 is 10.1 Å². The van der Waals surface area contributed by atoms with E-state index in [2.05, 4.69) is 16.4 Å². The van der Waals surface area contributed by atoms with Crippen molar-refractivity contribution in [1.29, 1.82) is 5.26 Å². The van der Waals surface area contributed by atoms with Crippen molar-refractivity contribution in [3.05, 3.63) is 64.7 Å². The Morgan fingerprint density at radius 3 is 2.63 bits per heavy atom. The zero-order valence-corrected chi connectivity index (χ0v) is 16.1. The largest absolute Gasteiger partial charge is 0.490 e. The fourth-order valence-electron chi connectivity index (χ4n) is 2.55. The van der Waals surface area contributed by atoms with Gasteiger partial charge in [-0.1, -0.05) is 18.2 Å². The van der Waals surface area contributed by atoms with Crippen molar-refractivity contribution in [3.8, 4) is 22.4 Å². The Kier molecular flexibility index (Phi) is 5.53. The van der Waals surface area contributed by atoms with E-state index >= 15 is 0 Å². The molecule has 2 aromatic carbocycles. The third-order valence-corrected chi connectivity index (χ3v) is 4.95. The van der Waals surface area contributed by atoms with Gasteiger partial charge in [-0.05, 0) is 51.1 Å². The zero-order valence-electron chi connectivity index (χ0n) is 15.3. The number of rotatable bonds is 5. The molecule has 3 rings (SSSR count). The maximum atomic E-state index is 12.6. The molecule has 0 fully saturated rings. The van der Waals surface area contributed by atoms with Crippen LogP contribution in [-0.4, -0.2) is 17.0 Å². The maximum Gasteiger partial charge on any atom is 0.267 e. The van der Waals surface area contributed by atoms with Gasteiger partial charge in [0.1, 0.15) is 21.7 Å². The number of para-hydroxylation sites is 1. The lowest BCUT2D eigenvalue weighted by molar-refractivity contribution is 0.103. The lowest BCUT2D eigenvalue weighted by Gasteiger charge is -2.11. The number of benzene rings is 2. The highest BCUT2D eigenvalue weighted by molar-refractivity contribution is 7.17. The lowest BCUT2D eigenvalue weighted by Crippen LogP contribution is -2.11. The van der Waals surface area contributed by atoms with Gasteiger partial charge in [0.15, 0.2) is 0 Å². The molecular weight excluding hydrogens is 358 g/mol. The number of aromatic nitrogens is 1. The van der Waals surface area contributed by atoms with Gasteiger partial charge in [0, 0.05) is 11.3 Å². The normalized spacial score (nSPS) is 10.5. The third-order valence-electron chi connectivity index (χ3n) is 3.74. The van der Waals surface area contributed by atoms with Crippen LogP contribution >= 0.6 is 11.3 Å². The topological polar surface area (TPSA) is 75.0 Å². The summed E-state index contributed by atoms with van der Waals surface area (Å²) in [5, 5.41) is 13.0. The third kappa shape index (κ3) is 4.33. The smallest absolute Gasteiger partial charge is 0.267 e. The molecular formula is C21H19N3O2S. The first-order valence-corrected chi connectivity index (χ1v) is 9.34. The summed E-state index contributed by atoms with van der Waals surface area (Å²) in [6.45, 7) is 5.63. The van der Waals surface area contributed by atoms with Crippen LogP contribution in [0.1, 0.15) is 34.8 Å². The standard InChI is InChI=1S/C21H19N3O2S/c1-13(2)26-18-10-9-15(11-16(18)12-22)21-23-14(3)19(27-21)20(25)24-17-7-5-4-6-8-17/h4-11,13H,1-3H3,(H,24,25). The Balaban J connectivity index is 1.88. The van der Waals surface area contributed by atoms with E-state index < -0.39 is 0 Å². The Bertz CT molecular complexity index is 1000. The molecule has 0 spiro atoms. The van der Waals surface area contributed by atoms with Crippen molar-refractivity contribution in [3.63, 3.8) is 0 Å². The predicted molar refractivity (Wildman–Crippen MR) is 107 cm³/mol. The first-order chi connectivity index (χ1) is 13.0. The quantitative estimate of drug-likeness (QED) is 0.677. The summed E-state index contributed by atoms with van der Waals surface area (Å²) < 4.78 is 5.66. The van der Waals surface area contributed by atoms with E-state index in [0.29, 0.717) is 26.9 Å². The van der Waals surface area contributed by atoms with Crippen molar-refractivity contribution >= 4 is 22.9 Å². The molecule has 1 N–H and O–H groups in total. The van der Waals surface area contributed by atoms with E-state index in [4.69, 9.17) is 4.74 Å². The number of amides is 1. The number of carbonyl (C=O) groups is 1. The number of thiazole rings is 1. The number of anilines is 1. The molecule has 6 heteroatoms. The highest BCUT2D eigenvalue weighted by atomic mass is 32.1. The van der Waals surface area contributed by atoms with Crippen molar-refractivity contribution in [2.24, 2.45) is 0 Å². The van der Waals surface area contributed by atoms with Gasteiger partial charge in [0.2, 0.25) is 0 Å². The summed E-state index contributed by atoms with van der Waals surface area (Å²) in [6.07, 6.45) is -0.0154. The lowest BCUT2D eigenvalue weighted by atomic mass is 10.1. The molecule has 0 radical (unpaired) electrons. The van der Waals surface area contributed by atoms with Crippen LogP contribution in [0.5, 0.6) is 5.75 Å². The molecule has 0 atom stereocenters. The monoisotopic (exact) mass is 377 g/mol. The summed E-state index contributed by atoms with van der Waals surface area (Å²) in [5.41, 5.74) is 2.63. The Labute approximate surface area is 162 Å². The van der Waals surface area contributed by atoms with Crippen molar-refractivity contribution in [2.75, 3.05) is 5.32 Å². The SMILES string of the molecule is Cc1nc(-c2ccc(OC(C)C)c(C#N)c2)sc1C(=O)Nc1ccccc1. The fraction of sp³-hybridized carbons (Fsp3) is 0.190. The van der Waals surface area contributed by atoms with Crippen LogP contribution in [0.2, 0.25) is 0 Å². The molecule has 0 bridgehead atoms. The van der Waals surface area contributed by atoms with Gasteiger partial charge in [-0.2, -0.15) is 5.26 Å². The second-order valence-electron chi connectivity index (χ2n) is 6.24.